The van der Waals surface area contributed by atoms with Crippen molar-refractivity contribution in [1.29, 1.82) is 0 Å². The predicted octanol–water partition coefficient (Wildman–Crippen LogP) is 1.65. The highest BCUT2D eigenvalue weighted by Gasteiger charge is 2.40. The van der Waals surface area contributed by atoms with Gasteiger partial charge in [-0.2, -0.15) is 0 Å². The first kappa shape index (κ1) is 14.5. The number of carboxylic acid groups (broad SMARTS) is 1. The number of carbonyl (C=O) groups is 1. The summed E-state index contributed by atoms with van der Waals surface area (Å²) in [7, 11) is 0. The Kier molecular flexibility index (Phi) is 4.55. The topological polar surface area (TPSA) is 77.8 Å². The summed E-state index contributed by atoms with van der Waals surface area (Å²) in [6, 6.07) is 0. The van der Waals surface area contributed by atoms with Crippen LogP contribution in [0.25, 0.3) is 0 Å². The second-order valence-electron chi connectivity index (χ2n) is 6.09. The van der Waals surface area contributed by atoms with E-state index in [1.807, 2.05) is 6.92 Å². The normalized spacial score (nSPS) is 35.9. The third-order valence-electron chi connectivity index (χ3n) is 4.10. The third-order valence-corrected chi connectivity index (χ3v) is 4.10. The molecule has 100 valence electrons. The molecule has 0 aromatic rings. The minimum Gasteiger partial charge on any atom is -0.479 e. The fourth-order valence-corrected chi connectivity index (χ4v) is 2.98. The second-order valence-corrected chi connectivity index (χ2v) is 6.09. The summed E-state index contributed by atoms with van der Waals surface area (Å²) in [5.41, 5.74) is -0.261. The van der Waals surface area contributed by atoms with Crippen molar-refractivity contribution in [2.75, 3.05) is 0 Å². The van der Waals surface area contributed by atoms with Crippen molar-refractivity contribution in [2.45, 2.75) is 58.7 Å². The number of rotatable bonds is 4. The highest BCUT2D eigenvalue weighted by Crippen LogP contribution is 2.44. The number of hydrogen-bond acceptors (Lipinski definition) is 3. The van der Waals surface area contributed by atoms with E-state index < -0.39 is 12.1 Å². The molecule has 4 atom stereocenters. The van der Waals surface area contributed by atoms with Crippen LogP contribution in [0.5, 0.6) is 0 Å². The van der Waals surface area contributed by atoms with Gasteiger partial charge in [0.2, 0.25) is 0 Å². The van der Waals surface area contributed by atoms with Crippen LogP contribution in [-0.2, 0) is 4.79 Å². The van der Waals surface area contributed by atoms with E-state index in [0.29, 0.717) is 18.3 Å². The molecule has 1 saturated carbocycles. The van der Waals surface area contributed by atoms with Gasteiger partial charge in [-0.15, -0.1) is 0 Å². The molecule has 0 bridgehead atoms. The molecule has 3 N–H and O–H groups in total. The predicted molar refractivity (Wildman–Crippen MR) is 64.6 cm³/mol. The van der Waals surface area contributed by atoms with Crippen molar-refractivity contribution in [2.24, 2.45) is 17.3 Å². The highest BCUT2D eigenvalue weighted by molar-refractivity contribution is 5.71. The summed E-state index contributed by atoms with van der Waals surface area (Å²) in [6.45, 7) is 6.16. The number of aliphatic hydroxyl groups is 2. The van der Waals surface area contributed by atoms with E-state index in [0.717, 1.165) is 12.8 Å². The zero-order chi connectivity index (χ0) is 13.2. The fourth-order valence-electron chi connectivity index (χ4n) is 2.98. The van der Waals surface area contributed by atoms with Gasteiger partial charge in [-0.3, -0.25) is 0 Å². The van der Waals surface area contributed by atoms with Crippen LogP contribution < -0.4 is 0 Å². The van der Waals surface area contributed by atoms with Crippen LogP contribution in [0.3, 0.4) is 0 Å². The lowest BCUT2D eigenvalue weighted by Gasteiger charge is -2.42. The van der Waals surface area contributed by atoms with Crippen molar-refractivity contribution in [3.63, 3.8) is 0 Å². The van der Waals surface area contributed by atoms with Crippen molar-refractivity contribution in [1.82, 2.24) is 0 Å². The highest BCUT2D eigenvalue weighted by atomic mass is 16.4. The van der Waals surface area contributed by atoms with Gasteiger partial charge in [0.25, 0.3) is 0 Å². The first-order valence-corrected chi connectivity index (χ1v) is 6.34. The molecular formula is C13H24O4. The van der Waals surface area contributed by atoms with E-state index in [-0.39, 0.29) is 17.9 Å². The van der Waals surface area contributed by atoms with Crippen molar-refractivity contribution >= 4 is 5.97 Å². The molecule has 3 unspecified atom stereocenters. The molecule has 0 aliphatic heterocycles. The molecule has 0 radical (unpaired) electrons. The lowest BCUT2D eigenvalue weighted by molar-refractivity contribution is -0.149. The number of carboxylic acids is 1. The Balaban J connectivity index is 2.60. The SMILES string of the molecule is CC(C)C1CCC(C)(C[C@H](O)C(=O)O)CC1O. The lowest BCUT2D eigenvalue weighted by Crippen LogP contribution is -2.40. The molecular weight excluding hydrogens is 220 g/mol. The van der Waals surface area contributed by atoms with Crippen LogP contribution >= 0.6 is 0 Å². The Morgan fingerprint density at radius 3 is 2.47 bits per heavy atom. The quantitative estimate of drug-likeness (QED) is 0.702. The van der Waals surface area contributed by atoms with E-state index >= 15 is 0 Å². The summed E-state index contributed by atoms with van der Waals surface area (Å²) in [6.07, 6.45) is 0.890. The molecule has 0 saturated heterocycles. The standard InChI is InChI=1S/C13H24O4/c1-8(2)9-4-5-13(3,6-10(9)14)7-11(15)12(16)17/h8-11,14-15H,4-7H2,1-3H3,(H,16,17)/t9?,10?,11-,13?/m0/s1. The second kappa shape index (κ2) is 5.36. The summed E-state index contributed by atoms with van der Waals surface area (Å²) >= 11 is 0. The van der Waals surface area contributed by atoms with Crippen LogP contribution in [-0.4, -0.2) is 33.5 Å². The van der Waals surface area contributed by atoms with Crippen LogP contribution in [0.15, 0.2) is 0 Å². The molecule has 0 amide bonds. The molecule has 0 spiro atoms. The monoisotopic (exact) mass is 244 g/mol. The molecule has 0 aromatic heterocycles. The van der Waals surface area contributed by atoms with Gasteiger partial charge in [0.1, 0.15) is 0 Å². The molecule has 1 fully saturated rings. The van der Waals surface area contributed by atoms with Gasteiger partial charge in [-0.05, 0) is 42.9 Å². The third kappa shape index (κ3) is 3.68. The van der Waals surface area contributed by atoms with Gasteiger partial charge in [0.15, 0.2) is 6.10 Å². The largest absolute Gasteiger partial charge is 0.479 e. The molecule has 1 aliphatic rings. The maximum atomic E-state index is 10.7. The van der Waals surface area contributed by atoms with Crippen molar-refractivity contribution in [3.05, 3.63) is 0 Å². The minimum absolute atomic E-state index is 0.226. The summed E-state index contributed by atoms with van der Waals surface area (Å²) < 4.78 is 0. The van der Waals surface area contributed by atoms with Crippen LogP contribution in [0.2, 0.25) is 0 Å². The first-order chi connectivity index (χ1) is 7.75. The van der Waals surface area contributed by atoms with E-state index in [1.54, 1.807) is 0 Å². The summed E-state index contributed by atoms with van der Waals surface area (Å²) in [5, 5.41) is 28.2. The van der Waals surface area contributed by atoms with Crippen molar-refractivity contribution in [3.8, 4) is 0 Å². The van der Waals surface area contributed by atoms with Crippen LogP contribution in [0.4, 0.5) is 0 Å². The number of aliphatic carboxylic acids is 1. The van der Waals surface area contributed by atoms with Gasteiger partial charge < -0.3 is 15.3 Å². The zero-order valence-electron chi connectivity index (χ0n) is 10.9. The molecule has 0 heterocycles. The van der Waals surface area contributed by atoms with Gasteiger partial charge in [0, 0.05) is 0 Å². The average Bonchev–Trinajstić information content (AvgIpc) is 2.15. The maximum absolute atomic E-state index is 10.7. The Hall–Kier alpha value is -0.610. The molecule has 4 nitrogen and oxygen atoms in total. The van der Waals surface area contributed by atoms with E-state index in [1.165, 1.54) is 0 Å². The summed E-state index contributed by atoms with van der Waals surface area (Å²) in [4.78, 5) is 10.7. The Morgan fingerprint density at radius 2 is 2.06 bits per heavy atom. The van der Waals surface area contributed by atoms with Gasteiger partial charge >= 0.3 is 5.97 Å². The Morgan fingerprint density at radius 1 is 1.47 bits per heavy atom. The average molecular weight is 244 g/mol. The van der Waals surface area contributed by atoms with Gasteiger partial charge in [-0.25, -0.2) is 4.79 Å². The number of hydrogen-bond donors (Lipinski definition) is 3. The lowest BCUT2D eigenvalue weighted by atomic mass is 9.65. The summed E-state index contributed by atoms with van der Waals surface area (Å²) in [5.74, 6) is -0.435. The molecule has 1 aliphatic carbocycles. The molecule has 4 heteroatoms. The molecule has 1 rings (SSSR count). The van der Waals surface area contributed by atoms with E-state index in [4.69, 9.17) is 5.11 Å². The zero-order valence-corrected chi connectivity index (χ0v) is 10.9. The van der Waals surface area contributed by atoms with Gasteiger partial charge in [-0.1, -0.05) is 20.8 Å². The minimum atomic E-state index is -1.32. The van der Waals surface area contributed by atoms with Crippen molar-refractivity contribution < 1.29 is 20.1 Å². The Labute approximate surface area is 103 Å². The van der Waals surface area contributed by atoms with Crippen LogP contribution in [0.1, 0.15) is 46.5 Å². The van der Waals surface area contributed by atoms with E-state index in [2.05, 4.69) is 13.8 Å². The van der Waals surface area contributed by atoms with Crippen LogP contribution in [0, 0.1) is 17.3 Å². The smallest absolute Gasteiger partial charge is 0.332 e. The number of aliphatic hydroxyl groups excluding tert-OH is 2. The Bertz CT molecular complexity index is 277. The maximum Gasteiger partial charge on any atom is 0.332 e. The molecule has 17 heavy (non-hydrogen) atoms. The van der Waals surface area contributed by atoms with E-state index in [9.17, 15) is 15.0 Å². The first-order valence-electron chi connectivity index (χ1n) is 6.34. The fraction of sp³-hybridized carbons (Fsp3) is 0.923. The van der Waals surface area contributed by atoms with Gasteiger partial charge in [0.05, 0.1) is 6.10 Å². The molecule has 0 aromatic carbocycles.